The Morgan fingerprint density at radius 2 is 2.12 bits per heavy atom. The third-order valence-corrected chi connectivity index (χ3v) is 7.24. The van der Waals surface area contributed by atoms with Gasteiger partial charge in [0.1, 0.15) is 23.0 Å². The number of piperidine rings is 1. The fraction of sp³-hybridized carbons (Fsp3) is 0.500. The SMILES string of the molecule is [C-]#[N+]CCN1CCCC2CN(c3c(F)cc4c(=O)c(C(=O)O)cn(C5CC5)c4c3C#N)CC21. The van der Waals surface area contributed by atoms with Crippen LogP contribution in [0.25, 0.3) is 15.7 Å². The van der Waals surface area contributed by atoms with Gasteiger partial charge in [-0.1, -0.05) is 0 Å². The van der Waals surface area contributed by atoms with Crippen LogP contribution in [0.1, 0.15) is 47.6 Å². The molecule has 1 aromatic carbocycles. The summed E-state index contributed by atoms with van der Waals surface area (Å²) in [7, 11) is 0. The van der Waals surface area contributed by atoms with Crippen LogP contribution in [0.4, 0.5) is 10.1 Å². The van der Waals surface area contributed by atoms with Crippen molar-refractivity contribution in [1.29, 1.82) is 5.26 Å². The first kappa shape index (κ1) is 21.4. The highest BCUT2D eigenvalue weighted by Gasteiger charge is 2.41. The molecule has 2 atom stereocenters. The number of rotatable bonds is 5. The molecule has 3 aliphatic rings. The number of carbonyl (C=O) groups is 1. The lowest BCUT2D eigenvalue weighted by Gasteiger charge is -2.35. The van der Waals surface area contributed by atoms with E-state index in [4.69, 9.17) is 6.57 Å². The molecule has 5 rings (SSSR count). The highest BCUT2D eigenvalue weighted by Crippen LogP contribution is 2.42. The number of nitrogens with zero attached hydrogens (tertiary/aromatic N) is 5. The molecule has 33 heavy (non-hydrogen) atoms. The summed E-state index contributed by atoms with van der Waals surface area (Å²) in [5, 5.41) is 19.5. The maximum Gasteiger partial charge on any atom is 0.341 e. The molecule has 2 unspecified atom stereocenters. The number of nitriles is 1. The van der Waals surface area contributed by atoms with Crippen molar-refractivity contribution in [2.45, 2.75) is 37.8 Å². The zero-order valence-electron chi connectivity index (χ0n) is 18.1. The second-order valence-electron chi connectivity index (χ2n) is 9.20. The van der Waals surface area contributed by atoms with Crippen molar-refractivity contribution in [1.82, 2.24) is 9.47 Å². The van der Waals surface area contributed by atoms with Crippen LogP contribution in [0.5, 0.6) is 0 Å². The molecule has 0 radical (unpaired) electrons. The number of fused-ring (bicyclic) bond motifs is 2. The van der Waals surface area contributed by atoms with Crippen molar-refractivity contribution in [3.05, 3.63) is 50.8 Å². The Labute approximate surface area is 190 Å². The molecule has 3 heterocycles. The Balaban J connectivity index is 1.64. The normalized spacial score (nSPS) is 22.7. The zero-order valence-corrected chi connectivity index (χ0v) is 18.1. The lowest BCUT2D eigenvalue weighted by Crippen LogP contribution is -2.46. The molecule has 170 valence electrons. The molecule has 1 aromatic heterocycles. The summed E-state index contributed by atoms with van der Waals surface area (Å²) < 4.78 is 17.2. The molecule has 2 aliphatic heterocycles. The van der Waals surface area contributed by atoms with E-state index < -0.39 is 22.8 Å². The minimum atomic E-state index is -1.36. The van der Waals surface area contributed by atoms with Crippen LogP contribution in [-0.4, -0.2) is 59.3 Å². The summed E-state index contributed by atoms with van der Waals surface area (Å²) in [6, 6.07) is 3.45. The van der Waals surface area contributed by atoms with Gasteiger partial charge in [-0.05, 0) is 44.2 Å². The van der Waals surface area contributed by atoms with Crippen LogP contribution in [0.2, 0.25) is 0 Å². The number of pyridine rings is 1. The smallest absolute Gasteiger partial charge is 0.341 e. The van der Waals surface area contributed by atoms with Crippen LogP contribution < -0.4 is 10.3 Å². The maximum absolute atomic E-state index is 15.5. The molecule has 1 aliphatic carbocycles. The molecule has 9 heteroatoms. The van der Waals surface area contributed by atoms with Crippen molar-refractivity contribution in [2.75, 3.05) is 37.6 Å². The lowest BCUT2D eigenvalue weighted by atomic mass is 9.92. The van der Waals surface area contributed by atoms with Gasteiger partial charge in [0.2, 0.25) is 12.0 Å². The first-order valence-corrected chi connectivity index (χ1v) is 11.3. The van der Waals surface area contributed by atoms with E-state index in [0.29, 0.717) is 37.6 Å². The Bertz CT molecular complexity index is 1290. The number of hydrogen-bond donors (Lipinski definition) is 1. The average Bonchev–Trinajstić information content (AvgIpc) is 3.55. The Hall–Kier alpha value is -3.43. The molecule has 8 nitrogen and oxygen atoms in total. The Morgan fingerprint density at radius 3 is 2.79 bits per heavy atom. The summed E-state index contributed by atoms with van der Waals surface area (Å²) in [4.78, 5) is 32.2. The minimum absolute atomic E-state index is 0.00174. The molecule has 0 amide bonds. The molecule has 2 saturated heterocycles. The van der Waals surface area contributed by atoms with Gasteiger partial charge in [-0.15, -0.1) is 0 Å². The molecule has 0 spiro atoms. The van der Waals surface area contributed by atoms with E-state index in [1.165, 1.54) is 6.20 Å². The molecule has 1 saturated carbocycles. The maximum atomic E-state index is 15.5. The summed E-state index contributed by atoms with van der Waals surface area (Å²) in [6.45, 7) is 10.3. The van der Waals surface area contributed by atoms with Gasteiger partial charge in [0.25, 0.3) is 0 Å². The average molecular weight is 449 g/mol. The molecule has 3 fully saturated rings. The van der Waals surface area contributed by atoms with E-state index >= 15 is 4.39 Å². The highest BCUT2D eigenvalue weighted by molar-refractivity contribution is 5.96. The topological polar surface area (TPSA) is 93.9 Å². The van der Waals surface area contributed by atoms with Gasteiger partial charge in [0, 0.05) is 31.4 Å². The van der Waals surface area contributed by atoms with Gasteiger partial charge in [0.15, 0.2) is 0 Å². The van der Waals surface area contributed by atoms with Gasteiger partial charge in [0.05, 0.1) is 23.1 Å². The summed E-state index contributed by atoms with van der Waals surface area (Å²) in [6.07, 6.45) is 4.99. The van der Waals surface area contributed by atoms with Gasteiger partial charge in [-0.2, -0.15) is 5.26 Å². The molecular weight excluding hydrogens is 425 g/mol. The van der Waals surface area contributed by atoms with E-state index in [1.54, 1.807) is 4.57 Å². The number of carboxylic acid groups (broad SMARTS) is 1. The quantitative estimate of drug-likeness (QED) is 0.706. The van der Waals surface area contributed by atoms with Crippen LogP contribution >= 0.6 is 0 Å². The second kappa shape index (κ2) is 8.17. The summed E-state index contributed by atoms with van der Waals surface area (Å²) in [5.41, 5.74) is -0.560. The summed E-state index contributed by atoms with van der Waals surface area (Å²) >= 11 is 0. The van der Waals surface area contributed by atoms with Crippen LogP contribution in [0.15, 0.2) is 17.1 Å². The van der Waals surface area contributed by atoms with Crippen molar-refractivity contribution < 1.29 is 14.3 Å². The van der Waals surface area contributed by atoms with Crippen LogP contribution in [0.3, 0.4) is 0 Å². The van der Waals surface area contributed by atoms with E-state index in [0.717, 1.165) is 38.3 Å². The van der Waals surface area contributed by atoms with Gasteiger partial charge in [-0.3, -0.25) is 9.69 Å². The standard InChI is InChI=1S/C24H24FN5O3/c1-27-6-8-28-7-2-3-14-11-29(13-20(14)28)22-17(10-26)21-16(9-19(22)25)23(31)18(24(32)33)12-30(21)15-4-5-15/h9,12,14-15,20H,2-8,11,13H2,(H,32,33). The van der Waals surface area contributed by atoms with Crippen LogP contribution in [0, 0.1) is 29.6 Å². The first-order chi connectivity index (χ1) is 15.9. The number of hydrogen-bond acceptors (Lipinski definition) is 5. The first-order valence-electron chi connectivity index (χ1n) is 11.3. The minimum Gasteiger partial charge on any atom is -0.477 e. The lowest BCUT2D eigenvalue weighted by molar-refractivity contribution is 0.0695. The highest BCUT2D eigenvalue weighted by atomic mass is 19.1. The number of aromatic carboxylic acids is 1. The second-order valence-corrected chi connectivity index (χ2v) is 9.20. The third-order valence-electron chi connectivity index (χ3n) is 7.24. The zero-order chi connectivity index (χ0) is 23.3. The number of anilines is 1. The number of carboxylic acids is 1. The van der Waals surface area contributed by atoms with E-state index in [1.807, 2.05) is 4.90 Å². The summed E-state index contributed by atoms with van der Waals surface area (Å²) in [5.74, 6) is -1.71. The van der Waals surface area contributed by atoms with E-state index in [-0.39, 0.29) is 28.7 Å². The number of halogens is 1. The predicted molar refractivity (Wildman–Crippen MR) is 120 cm³/mol. The van der Waals surface area contributed by atoms with Gasteiger partial charge < -0.3 is 19.4 Å². The van der Waals surface area contributed by atoms with Gasteiger partial charge >= 0.3 is 5.97 Å². The largest absolute Gasteiger partial charge is 0.477 e. The third kappa shape index (κ3) is 3.53. The van der Waals surface area contributed by atoms with Gasteiger partial charge in [-0.25, -0.2) is 15.8 Å². The van der Waals surface area contributed by atoms with Crippen molar-refractivity contribution in [3.8, 4) is 6.07 Å². The Morgan fingerprint density at radius 1 is 1.33 bits per heavy atom. The molecule has 0 bridgehead atoms. The molecular formula is C24H24FN5O3. The number of aromatic nitrogens is 1. The van der Waals surface area contributed by atoms with E-state index in [9.17, 15) is 20.0 Å². The van der Waals surface area contributed by atoms with Crippen LogP contribution in [-0.2, 0) is 0 Å². The molecule has 2 aromatic rings. The number of likely N-dealkylation sites (tertiary alicyclic amines) is 1. The Kier molecular flexibility index (Phi) is 5.30. The predicted octanol–water partition coefficient (Wildman–Crippen LogP) is 2.87. The van der Waals surface area contributed by atoms with Crippen molar-refractivity contribution in [3.63, 3.8) is 0 Å². The van der Waals surface area contributed by atoms with Crippen molar-refractivity contribution in [2.24, 2.45) is 5.92 Å². The molecule has 1 N–H and O–H groups in total. The fourth-order valence-electron chi connectivity index (χ4n) is 5.60. The monoisotopic (exact) mass is 449 g/mol. The van der Waals surface area contributed by atoms with E-state index in [2.05, 4.69) is 15.8 Å². The fourth-order valence-corrected chi connectivity index (χ4v) is 5.60. The number of benzene rings is 1. The van der Waals surface area contributed by atoms with Crippen molar-refractivity contribution >= 4 is 22.6 Å².